The summed E-state index contributed by atoms with van der Waals surface area (Å²) in [6.07, 6.45) is 0. The summed E-state index contributed by atoms with van der Waals surface area (Å²) in [5.41, 5.74) is 1.22. The number of halogens is 1. The molecule has 0 saturated carbocycles. The fourth-order valence-corrected chi connectivity index (χ4v) is 4.47. The Morgan fingerprint density at radius 1 is 0.857 bits per heavy atom. The molecule has 6 heteroatoms. The fourth-order valence-electron chi connectivity index (χ4n) is 3.08. The van der Waals surface area contributed by atoms with Gasteiger partial charge < -0.3 is 4.42 Å². The number of benzene rings is 3. The predicted octanol–water partition coefficient (Wildman–Crippen LogP) is 5.29. The molecule has 0 spiro atoms. The van der Waals surface area contributed by atoms with Gasteiger partial charge in [-0.25, -0.2) is 8.42 Å². The molecule has 0 unspecified atom stereocenters. The largest absolute Gasteiger partial charge is 0.459 e. The van der Waals surface area contributed by atoms with E-state index in [1.165, 1.54) is 24.3 Å². The van der Waals surface area contributed by atoms with Crippen molar-refractivity contribution in [1.29, 1.82) is 0 Å². The van der Waals surface area contributed by atoms with E-state index < -0.39 is 15.6 Å². The molecule has 0 saturated heterocycles. The van der Waals surface area contributed by atoms with Crippen LogP contribution in [0.15, 0.2) is 88.2 Å². The molecule has 140 valence electrons. The first-order valence-corrected chi connectivity index (χ1v) is 10.6. The number of ketones is 1. The molecule has 0 bridgehead atoms. The first-order chi connectivity index (χ1) is 13.5. The molecule has 0 aliphatic carbocycles. The van der Waals surface area contributed by atoms with Crippen molar-refractivity contribution in [2.24, 2.45) is 0 Å². The van der Waals surface area contributed by atoms with Gasteiger partial charge >= 0.3 is 0 Å². The summed E-state index contributed by atoms with van der Waals surface area (Å²) in [7, 11) is -3.72. The topological polar surface area (TPSA) is 64.3 Å². The lowest BCUT2D eigenvalue weighted by Crippen LogP contribution is -2.09. The van der Waals surface area contributed by atoms with Crippen LogP contribution in [0.2, 0.25) is 5.02 Å². The van der Waals surface area contributed by atoms with Crippen LogP contribution in [0.3, 0.4) is 0 Å². The number of furan rings is 1. The van der Waals surface area contributed by atoms with E-state index in [2.05, 4.69) is 0 Å². The zero-order valence-electron chi connectivity index (χ0n) is 14.6. The van der Waals surface area contributed by atoms with Crippen molar-refractivity contribution in [3.05, 3.63) is 101 Å². The van der Waals surface area contributed by atoms with E-state index in [-0.39, 0.29) is 22.0 Å². The summed E-state index contributed by atoms with van der Waals surface area (Å²) < 4.78 is 31.6. The lowest BCUT2D eigenvalue weighted by molar-refractivity contribution is 0.103. The Hall–Kier alpha value is -2.89. The van der Waals surface area contributed by atoms with Gasteiger partial charge in [-0.15, -0.1) is 0 Å². The zero-order chi connectivity index (χ0) is 19.7. The fraction of sp³-hybridized carbons (Fsp3) is 0.0455. The van der Waals surface area contributed by atoms with E-state index >= 15 is 0 Å². The zero-order valence-corrected chi connectivity index (χ0v) is 16.2. The van der Waals surface area contributed by atoms with Gasteiger partial charge in [0.15, 0.2) is 15.6 Å². The van der Waals surface area contributed by atoms with Crippen LogP contribution in [0.5, 0.6) is 0 Å². The average Bonchev–Trinajstić information content (AvgIpc) is 3.05. The average molecular weight is 411 g/mol. The number of para-hydroxylation sites is 1. The van der Waals surface area contributed by atoms with Crippen LogP contribution >= 0.6 is 11.6 Å². The quantitative estimate of drug-likeness (QED) is 0.419. The predicted molar refractivity (Wildman–Crippen MR) is 108 cm³/mol. The second kappa shape index (κ2) is 7.26. The maximum absolute atomic E-state index is 13.1. The van der Waals surface area contributed by atoms with Gasteiger partial charge in [-0.05, 0) is 30.3 Å². The van der Waals surface area contributed by atoms with Crippen LogP contribution in [0.1, 0.15) is 21.7 Å². The Morgan fingerprint density at radius 2 is 1.50 bits per heavy atom. The van der Waals surface area contributed by atoms with Gasteiger partial charge in [0, 0.05) is 16.0 Å². The SMILES string of the molecule is O=C(c1ccccc1)c1c(CS(=O)(=O)c2ccc(Cl)cc2)oc2ccccc12. The van der Waals surface area contributed by atoms with E-state index in [1.54, 1.807) is 48.5 Å². The molecule has 28 heavy (non-hydrogen) atoms. The standard InChI is InChI=1S/C22H15ClO4S/c23-16-10-12-17(13-11-16)28(25,26)14-20-21(18-8-4-5-9-19(18)27-20)22(24)15-6-2-1-3-7-15/h1-13H,14H2. The molecule has 0 N–H and O–H groups in total. The smallest absolute Gasteiger partial charge is 0.197 e. The molecular formula is C22H15ClO4S. The second-order valence-corrected chi connectivity index (χ2v) is 8.73. The molecule has 4 aromatic rings. The van der Waals surface area contributed by atoms with E-state index in [0.29, 0.717) is 21.6 Å². The van der Waals surface area contributed by atoms with Crippen LogP contribution in [0.4, 0.5) is 0 Å². The van der Waals surface area contributed by atoms with Gasteiger partial charge in [-0.1, -0.05) is 60.1 Å². The summed E-state index contributed by atoms with van der Waals surface area (Å²) in [4.78, 5) is 13.3. The molecule has 0 atom stereocenters. The maximum atomic E-state index is 13.1. The van der Waals surface area contributed by atoms with Crippen molar-refractivity contribution < 1.29 is 17.6 Å². The highest BCUT2D eigenvalue weighted by atomic mass is 35.5. The van der Waals surface area contributed by atoms with E-state index in [0.717, 1.165) is 0 Å². The van der Waals surface area contributed by atoms with Crippen LogP contribution in [-0.2, 0) is 15.6 Å². The molecule has 1 heterocycles. The molecule has 0 aliphatic rings. The van der Waals surface area contributed by atoms with Crippen molar-refractivity contribution in [3.63, 3.8) is 0 Å². The number of rotatable bonds is 5. The van der Waals surface area contributed by atoms with Crippen molar-refractivity contribution in [2.45, 2.75) is 10.6 Å². The Balaban J connectivity index is 1.83. The number of sulfone groups is 1. The molecule has 0 radical (unpaired) electrons. The summed E-state index contributed by atoms with van der Waals surface area (Å²) in [5.74, 6) is -0.561. The minimum absolute atomic E-state index is 0.121. The highest BCUT2D eigenvalue weighted by Gasteiger charge is 2.26. The number of carbonyl (C=O) groups is 1. The molecule has 0 fully saturated rings. The van der Waals surface area contributed by atoms with Gasteiger partial charge in [-0.2, -0.15) is 0 Å². The van der Waals surface area contributed by atoms with Crippen molar-refractivity contribution in [1.82, 2.24) is 0 Å². The Bertz CT molecular complexity index is 1260. The van der Waals surface area contributed by atoms with Crippen LogP contribution in [0.25, 0.3) is 11.0 Å². The molecule has 0 amide bonds. The summed E-state index contributed by atoms with van der Waals surface area (Å²) in [6.45, 7) is 0. The molecule has 3 aromatic carbocycles. The van der Waals surface area contributed by atoms with Gasteiger partial charge in [0.1, 0.15) is 17.1 Å². The second-order valence-electron chi connectivity index (χ2n) is 6.30. The molecule has 4 nitrogen and oxygen atoms in total. The van der Waals surface area contributed by atoms with Crippen molar-refractivity contribution >= 4 is 38.2 Å². The summed E-state index contributed by atoms with van der Waals surface area (Å²) in [6, 6.07) is 21.7. The molecular weight excluding hydrogens is 396 g/mol. The van der Waals surface area contributed by atoms with Crippen LogP contribution < -0.4 is 0 Å². The summed E-state index contributed by atoms with van der Waals surface area (Å²) >= 11 is 5.85. The monoisotopic (exact) mass is 410 g/mol. The Kier molecular flexibility index (Phi) is 4.79. The summed E-state index contributed by atoms with van der Waals surface area (Å²) in [5, 5.41) is 1.04. The van der Waals surface area contributed by atoms with E-state index in [1.807, 2.05) is 6.07 Å². The van der Waals surface area contributed by atoms with Crippen LogP contribution in [0, 0.1) is 0 Å². The van der Waals surface area contributed by atoms with Crippen molar-refractivity contribution in [3.8, 4) is 0 Å². The first kappa shape index (κ1) is 18.5. The molecule has 0 aliphatic heterocycles. The van der Waals surface area contributed by atoms with Gasteiger partial charge in [-0.3, -0.25) is 4.79 Å². The van der Waals surface area contributed by atoms with Gasteiger partial charge in [0.2, 0.25) is 0 Å². The molecule has 1 aromatic heterocycles. The number of carbonyl (C=O) groups excluding carboxylic acids is 1. The Labute approximate surface area is 167 Å². The number of fused-ring (bicyclic) bond motifs is 1. The highest BCUT2D eigenvalue weighted by molar-refractivity contribution is 7.90. The first-order valence-electron chi connectivity index (χ1n) is 8.54. The highest BCUT2D eigenvalue weighted by Crippen LogP contribution is 2.31. The lowest BCUT2D eigenvalue weighted by Gasteiger charge is -2.06. The van der Waals surface area contributed by atoms with Crippen LogP contribution in [-0.4, -0.2) is 14.2 Å². The Morgan fingerprint density at radius 3 is 2.21 bits per heavy atom. The van der Waals surface area contributed by atoms with E-state index in [9.17, 15) is 13.2 Å². The minimum Gasteiger partial charge on any atom is -0.459 e. The maximum Gasteiger partial charge on any atom is 0.197 e. The lowest BCUT2D eigenvalue weighted by atomic mass is 10.0. The van der Waals surface area contributed by atoms with Crippen molar-refractivity contribution in [2.75, 3.05) is 0 Å². The third kappa shape index (κ3) is 3.46. The van der Waals surface area contributed by atoms with Gasteiger partial charge in [0.05, 0.1) is 10.5 Å². The van der Waals surface area contributed by atoms with Gasteiger partial charge in [0.25, 0.3) is 0 Å². The number of hydrogen-bond acceptors (Lipinski definition) is 4. The minimum atomic E-state index is -3.72. The van der Waals surface area contributed by atoms with E-state index in [4.69, 9.17) is 16.0 Å². The third-order valence-electron chi connectivity index (χ3n) is 4.43. The number of hydrogen-bond donors (Lipinski definition) is 0. The molecule has 4 rings (SSSR count). The normalized spacial score (nSPS) is 11.6. The third-order valence-corrected chi connectivity index (χ3v) is 6.31.